The normalized spacial score (nSPS) is 18.2. The number of aromatic carboxylic acids is 1. The van der Waals surface area contributed by atoms with E-state index in [9.17, 15) is 9.59 Å². The third-order valence-electron chi connectivity index (χ3n) is 2.97. The first kappa shape index (κ1) is 13.1. The quantitative estimate of drug-likeness (QED) is 0.836. The summed E-state index contributed by atoms with van der Waals surface area (Å²) in [6, 6.07) is 4.86. The van der Waals surface area contributed by atoms with Gasteiger partial charge in [-0.1, -0.05) is 6.07 Å². The van der Waals surface area contributed by atoms with Crippen molar-refractivity contribution in [2.75, 3.05) is 25.1 Å². The van der Waals surface area contributed by atoms with Gasteiger partial charge in [0, 0.05) is 13.1 Å². The molecule has 2 heterocycles. The number of carbonyl (C=O) groups is 2. The Morgan fingerprint density at radius 1 is 1.53 bits per heavy atom. The number of nitrogens with zero attached hydrogens (tertiary/aromatic N) is 2. The van der Waals surface area contributed by atoms with Crippen LogP contribution in [0.1, 0.15) is 16.9 Å². The predicted octanol–water partition coefficient (Wildman–Crippen LogP) is 0.715. The van der Waals surface area contributed by atoms with E-state index in [0.29, 0.717) is 18.9 Å². The molecule has 7 heteroatoms. The molecule has 1 saturated heterocycles. The number of ether oxygens (including phenoxy) is 1. The van der Waals surface area contributed by atoms with Crippen molar-refractivity contribution in [2.24, 2.45) is 0 Å². The molecule has 1 aliphatic heterocycles. The van der Waals surface area contributed by atoms with Crippen molar-refractivity contribution in [3.63, 3.8) is 0 Å². The molecule has 1 amide bonds. The van der Waals surface area contributed by atoms with Crippen LogP contribution in [0, 0.1) is 0 Å². The number of methoxy groups -OCH3 is 1. The van der Waals surface area contributed by atoms with Crippen LogP contribution in [0.2, 0.25) is 0 Å². The minimum absolute atomic E-state index is 0.0114. The van der Waals surface area contributed by atoms with Crippen LogP contribution in [0.3, 0.4) is 0 Å². The van der Waals surface area contributed by atoms with Crippen molar-refractivity contribution >= 4 is 17.9 Å². The van der Waals surface area contributed by atoms with E-state index in [-0.39, 0.29) is 11.7 Å². The highest BCUT2D eigenvalue weighted by molar-refractivity contribution is 5.85. The smallest absolute Gasteiger partial charge is 0.407 e. The second-order valence-electron chi connectivity index (χ2n) is 4.25. The lowest BCUT2D eigenvalue weighted by Gasteiger charge is -2.17. The Kier molecular flexibility index (Phi) is 3.84. The number of aromatic nitrogens is 1. The first-order chi connectivity index (χ1) is 9.10. The third-order valence-corrected chi connectivity index (χ3v) is 2.97. The molecule has 1 atom stereocenters. The Morgan fingerprint density at radius 2 is 2.32 bits per heavy atom. The van der Waals surface area contributed by atoms with Gasteiger partial charge in [-0.05, 0) is 18.6 Å². The van der Waals surface area contributed by atoms with Crippen LogP contribution >= 0.6 is 0 Å². The van der Waals surface area contributed by atoms with Crippen molar-refractivity contribution in [3.8, 4) is 0 Å². The van der Waals surface area contributed by atoms with Crippen LogP contribution in [-0.2, 0) is 4.74 Å². The maximum absolute atomic E-state index is 11.1. The Hall–Kier alpha value is -2.31. The Labute approximate surface area is 110 Å². The average Bonchev–Trinajstić information content (AvgIpc) is 2.87. The number of hydrogen-bond acceptors (Lipinski definition) is 5. The van der Waals surface area contributed by atoms with Crippen LogP contribution in [-0.4, -0.2) is 48.4 Å². The lowest BCUT2D eigenvalue weighted by Crippen LogP contribution is -2.37. The number of nitrogens with one attached hydrogen (secondary N) is 1. The summed E-state index contributed by atoms with van der Waals surface area (Å²) in [5.41, 5.74) is 0.0156. The minimum atomic E-state index is -1.05. The van der Waals surface area contributed by atoms with Gasteiger partial charge in [0.15, 0.2) is 5.69 Å². The standard InChI is InChI=1S/C12H15N3O4/c1-19-12(18)13-8-5-6-15(7-8)10-4-2-3-9(14-10)11(16)17/h2-4,8H,5-7H2,1H3,(H,13,18)(H,16,17). The topological polar surface area (TPSA) is 91.8 Å². The number of pyridine rings is 1. The van der Waals surface area contributed by atoms with Gasteiger partial charge in [0.25, 0.3) is 0 Å². The fraction of sp³-hybridized carbons (Fsp3) is 0.417. The van der Waals surface area contributed by atoms with E-state index in [2.05, 4.69) is 15.0 Å². The van der Waals surface area contributed by atoms with E-state index >= 15 is 0 Å². The van der Waals surface area contributed by atoms with E-state index in [1.165, 1.54) is 13.2 Å². The molecule has 1 aromatic rings. The predicted molar refractivity (Wildman–Crippen MR) is 67.4 cm³/mol. The highest BCUT2D eigenvalue weighted by Crippen LogP contribution is 2.18. The molecule has 0 radical (unpaired) electrons. The van der Waals surface area contributed by atoms with Crippen LogP contribution in [0.15, 0.2) is 18.2 Å². The second kappa shape index (κ2) is 5.55. The molecule has 1 unspecified atom stereocenters. The van der Waals surface area contributed by atoms with Gasteiger partial charge in [-0.2, -0.15) is 0 Å². The van der Waals surface area contributed by atoms with E-state index < -0.39 is 12.1 Å². The second-order valence-corrected chi connectivity index (χ2v) is 4.25. The largest absolute Gasteiger partial charge is 0.477 e. The fourth-order valence-corrected chi connectivity index (χ4v) is 2.03. The van der Waals surface area contributed by atoms with E-state index in [1.807, 2.05) is 4.90 Å². The van der Waals surface area contributed by atoms with Gasteiger partial charge in [-0.3, -0.25) is 0 Å². The van der Waals surface area contributed by atoms with Gasteiger partial charge in [-0.15, -0.1) is 0 Å². The summed E-state index contributed by atoms with van der Waals surface area (Å²) in [6.07, 6.45) is 0.313. The number of carboxylic acid groups (broad SMARTS) is 1. The number of carboxylic acids is 1. The third kappa shape index (κ3) is 3.12. The van der Waals surface area contributed by atoms with Crippen molar-refractivity contribution < 1.29 is 19.4 Å². The van der Waals surface area contributed by atoms with Crippen molar-refractivity contribution in [1.29, 1.82) is 0 Å². The molecule has 0 aromatic carbocycles. The molecule has 0 spiro atoms. The molecule has 1 aliphatic rings. The van der Waals surface area contributed by atoms with E-state index in [4.69, 9.17) is 5.11 Å². The molecule has 2 rings (SSSR count). The molecule has 0 saturated carbocycles. The summed E-state index contributed by atoms with van der Waals surface area (Å²) in [4.78, 5) is 28.0. The Morgan fingerprint density at radius 3 is 3.00 bits per heavy atom. The van der Waals surface area contributed by atoms with E-state index in [0.717, 1.165) is 6.42 Å². The lowest BCUT2D eigenvalue weighted by atomic mass is 10.3. The highest BCUT2D eigenvalue weighted by atomic mass is 16.5. The molecule has 0 aliphatic carbocycles. The van der Waals surface area contributed by atoms with Gasteiger partial charge in [0.2, 0.25) is 0 Å². The van der Waals surface area contributed by atoms with Gasteiger partial charge in [0.1, 0.15) is 5.82 Å². The van der Waals surface area contributed by atoms with Gasteiger partial charge < -0.3 is 20.1 Å². The van der Waals surface area contributed by atoms with Crippen molar-refractivity contribution in [1.82, 2.24) is 10.3 Å². The molecule has 7 nitrogen and oxygen atoms in total. The SMILES string of the molecule is COC(=O)NC1CCN(c2cccc(C(=O)O)n2)C1. The molecule has 1 aromatic heterocycles. The summed E-state index contributed by atoms with van der Waals surface area (Å²) in [6.45, 7) is 1.30. The van der Waals surface area contributed by atoms with Crippen molar-refractivity contribution in [3.05, 3.63) is 23.9 Å². The summed E-state index contributed by atoms with van der Waals surface area (Å²) in [5, 5.41) is 11.6. The molecular weight excluding hydrogens is 250 g/mol. The zero-order valence-electron chi connectivity index (χ0n) is 10.5. The first-order valence-electron chi connectivity index (χ1n) is 5.90. The first-order valence-corrected chi connectivity index (χ1v) is 5.90. The van der Waals surface area contributed by atoms with Crippen LogP contribution in [0.4, 0.5) is 10.6 Å². The number of carbonyl (C=O) groups excluding carboxylic acids is 1. The van der Waals surface area contributed by atoms with Crippen molar-refractivity contribution in [2.45, 2.75) is 12.5 Å². The molecule has 2 N–H and O–H groups in total. The number of amides is 1. The lowest BCUT2D eigenvalue weighted by molar-refractivity contribution is 0.0690. The zero-order chi connectivity index (χ0) is 13.8. The van der Waals surface area contributed by atoms with Crippen LogP contribution in [0.5, 0.6) is 0 Å². The summed E-state index contributed by atoms with van der Waals surface area (Å²) in [7, 11) is 1.32. The van der Waals surface area contributed by atoms with Gasteiger partial charge in [0.05, 0.1) is 13.2 Å². The average molecular weight is 265 g/mol. The van der Waals surface area contributed by atoms with Crippen LogP contribution in [0.25, 0.3) is 0 Å². The fourth-order valence-electron chi connectivity index (χ4n) is 2.03. The minimum Gasteiger partial charge on any atom is -0.477 e. The Bertz CT molecular complexity index is 492. The molecule has 0 bridgehead atoms. The van der Waals surface area contributed by atoms with Gasteiger partial charge >= 0.3 is 12.1 Å². The summed E-state index contributed by atoms with van der Waals surface area (Å²) in [5.74, 6) is -0.445. The number of alkyl carbamates (subject to hydrolysis) is 1. The molecule has 102 valence electrons. The molecule has 1 fully saturated rings. The number of hydrogen-bond donors (Lipinski definition) is 2. The summed E-state index contributed by atoms with van der Waals surface area (Å²) >= 11 is 0. The monoisotopic (exact) mass is 265 g/mol. The summed E-state index contributed by atoms with van der Waals surface area (Å²) < 4.78 is 4.54. The maximum atomic E-state index is 11.1. The molecule has 19 heavy (non-hydrogen) atoms. The highest BCUT2D eigenvalue weighted by Gasteiger charge is 2.25. The van der Waals surface area contributed by atoms with Gasteiger partial charge in [-0.25, -0.2) is 14.6 Å². The van der Waals surface area contributed by atoms with Crippen LogP contribution < -0.4 is 10.2 Å². The Balaban J connectivity index is 2.02. The number of anilines is 1. The number of rotatable bonds is 3. The molecular formula is C12H15N3O4. The van der Waals surface area contributed by atoms with E-state index in [1.54, 1.807) is 12.1 Å². The zero-order valence-corrected chi connectivity index (χ0v) is 10.5. The maximum Gasteiger partial charge on any atom is 0.407 e.